The Morgan fingerprint density at radius 1 is 1.36 bits per heavy atom. The van der Waals surface area contributed by atoms with Crippen LogP contribution in [0.1, 0.15) is 13.3 Å². The third-order valence-electron chi connectivity index (χ3n) is 4.35. The molecule has 0 aliphatic heterocycles. The van der Waals surface area contributed by atoms with Crippen molar-refractivity contribution in [3.8, 4) is 5.88 Å². The van der Waals surface area contributed by atoms with E-state index in [-0.39, 0.29) is 18.6 Å². The van der Waals surface area contributed by atoms with Crippen LogP contribution in [0.15, 0.2) is 39.9 Å². The van der Waals surface area contributed by atoms with Gasteiger partial charge in [0, 0.05) is 4.47 Å². The molecule has 10 heteroatoms. The third-order valence-corrected chi connectivity index (χ3v) is 4.85. The molecule has 3 aromatic rings. The lowest BCUT2D eigenvalue weighted by Gasteiger charge is -2.12. The van der Waals surface area contributed by atoms with E-state index in [9.17, 15) is 14.0 Å². The number of aromatic nitrogens is 4. The minimum atomic E-state index is -0.618. The molecular formula is C18H15BrFN5O3. The van der Waals surface area contributed by atoms with Crippen molar-refractivity contribution in [3.63, 3.8) is 0 Å². The van der Waals surface area contributed by atoms with Gasteiger partial charge in [-0.25, -0.2) is 19.0 Å². The number of nitrogens with zero attached hydrogens (tertiary/aromatic N) is 4. The topological polar surface area (TPSA) is 99.0 Å². The van der Waals surface area contributed by atoms with Crippen LogP contribution in [0.4, 0.5) is 10.3 Å². The Morgan fingerprint density at radius 2 is 2.07 bits per heavy atom. The van der Waals surface area contributed by atoms with E-state index in [1.165, 1.54) is 0 Å². The number of ether oxygens (including phenoxy) is 1. The summed E-state index contributed by atoms with van der Waals surface area (Å²) in [6, 6.07) is 5.16. The first kappa shape index (κ1) is 18.5. The highest BCUT2D eigenvalue weighted by molar-refractivity contribution is 9.10. The summed E-state index contributed by atoms with van der Waals surface area (Å²) in [6.07, 6.45) is 2.83. The summed E-state index contributed by atoms with van der Waals surface area (Å²) in [6.45, 7) is 1.71. The Bertz CT molecular complexity index is 1120. The molecule has 0 spiro atoms. The molecular weight excluding hydrogens is 433 g/mol. The summed E-state index contributed by atoms with van der Waals surface area (Å²) in [4.78, 5) is 32.4. The predicted molar refractivity (Wildman–Crippen MR) is 103 cm³/mol. The standard InChI is InChI=1S/C18H15BrFN5O3/c1-9-4-14(9)28-16-13-5-10(19)2-3-12(13)17(27)25(24-16)8-15(26)23-18-21-6-11(20)7-22-18/h2-3,5-7,9,14H,4,8H2,1H3,(H,21,22,23,26)/t9-,14+/m1/s1. The molecule has 1 amide bonds. The van der Waals surface area contributed by atoms with E-state index in [0.717, 1.165) is 28.0 Å². The second kappa shape index (κ2) is 7.27. The summed E-state index contributed by atoms with van der Waals surface area (Å²) in [5.41, 5.74) is -0.422. The van der Waals surface area contributed by atoms with Gasteiger partial charge in [-0.2, -0.15) is 0 Å². The molecule has 2 aromatic heterocycles. The van der Waals surface area contributed by atoms with Crippen LogP contribution in [-0.4, -0.2) is 31.8 Å². The molecule has 1 aliphatic rings. The van der Waals surface area contributed by atoms with Crippen molar-refractivity contribution in [2.24, 2.45) is 5.92 Å². The van der Waals surface area contributed by atoms with E-state index >= 15 is 0 Å². The summed E-state index contributed by atoms with van der Waals surface area (Å²) in [5.74, 6) is -0.525. The van der Waals surface area contributed by atoms with E-state index in [1.54, 1.807) is 18.2 Å². The number of carbonyl (C=O) groups is 1. The molecule has 1 fully saturated rings. The smallest absolute Gasteiger partial charge is 0.275 e. The van der Waals surface area contributed by atoms with Gasteiger partial charge in [0.1, 0.15) is 12.6 Å². The number of hydrogen-bond donors (Lipinski definition) is 1. The molecule has 1 aliphatic carbocycles. The van der Waals surface area contributed by atoms with Crippen molar-refractivity contribution in [1.29, 1.82) is 0 Å². The van der Waals surface area contributed by atoms with Crippen LogP contribution in [0.2, 0.25) is 0 Å². The number of benzene rings is 1. The molecule has 4 rings (SSSR count). The number of carbonyl (C=O) groups excluding carboxylic acids is 1. The van der Waals surface area contributed by atoms with Crippen LogP contribution in [0.25, 0.3) is 10.8 Å². The molecule has 2 heterocycles. The van der Waals surface area contributed by atoms with Crippen LogP contribution in [0, 0.1) is 11.7 Å². The lowest BCUT2D eigenvalue weighted by molar-refractivity contribution is -0.117. The van der Waals surface area contributed by atoms with Crippen molar-refractivity contribution in [3.05, 3.63) is 51.2 Å². The monoisotopic (exact) mass is 447 g/mol. The predicted octanol–water partition coefficient (Wildman–Crippen LogP) is 2.51. The maximum absolute atomic E-state index is 12.9. The van der Waals surface area contributed by atoms with Gasteiger partial charge in [-0.3, -0.25) is 14.9 Å². The molecule has 0 bridgehead atoms. The van der Waals surface area contributed by atoms with Gasteiger partial charge >= 0.3 is 0 Å². The average Bonchev–Trinajstić information content (AvgIpc) is 3.35. The number of amides is 1. The van der Waals surface area contributed by atoms with Crippen LogP contribution >= 0.6 is 15.9 Å². The summed E-state index contributed by atoms with van der Waals surface area (Å²) >= 11 is 3.39. The van der Waals surface area contributed by atoms with Crippen LogP contribution in [-0.2, 0) is 11.3 Å². The summed E-state index contributed by atoms with van der Waals surface area (Å²) in [5, 5.41) is 7.63. The lowest BCUT2D eigenvalue weighted by Crippen LogP contribution is -2.30. The molecule has 1 N–H and O–H groups in total. The number of rotatable bonds is 5. The molecule has 28 heavy (non-hydrogen) atoms. The normalized spacial score (nSPS) is 18.1. The van der Waals surface area contributed by atoms with Gasteiger partial charge in [0.2, 0.25) is 17.7 Å². The molecule has 144 valence electrons. The van der Waals surface area contributed by atoms with Gasteiger partial charge in [-0.15, -0.1) is 5.10 Å². The molecule has 0 saturated heterocycles. The number of nitrogens with one attached hydrogen (secondary N) is 1. The van der Waals surface area contributed by atoms with Gasteiger partial charge in [0.25, 0.3) is 5.56 Å². The first-order valence-electron chi connectivity index (χ1n) is 8.55. The zero-order valence-electron chi connectivity index (χ0n) is 14.7. The maximum Gasteiger partial charge on any atom is 0.275 e. The van der Waals surface area contributed by atoms with E-state index in [0.29, 0.717) is 22.6 Å². The highest BCUT2D eigenvalue weighted by Crippen LogP contribution is 2.35. The fourth-order valence-corrected chi connectivity index (χ4v) is 3.06. The lowest BCUT2D eigenvalue weighted by atomic mass is 10.2. The number of halogens is 2. The van der Waals surface area contributed by atoms with Gasteiger partial charge in [-0.05, 0) is 30.5 Å². The van der Waals surface area contributed by atoms with E-state index < -0.39 is 17.3 Å². The minimum absolute atomic E-state index is 0.0436. The van der Waals surface area contributed by atoms with E-state index in [1.807, 2.05) is 0 Å². The first-order chi connectivity index (χ1) is 13.4. The molecule has 0 radical (unpaired) electrons. The maximum atomic E-state index is 12.9. The highest BCUT2D eigenvalue weighted by Gasteiger charge is 2.36. The summed E-state index contributed by atoms with van der Waals surface area (Å²) in [7, 11) is 0. The fraction of sp³-hybridized carbons (Fsp3) is 0.278. The quantitative estimate of drug-likeness (QED) is 0.644. The summed E-state index contributed by atoms with van der Waals surface area (Å²) < 4.78 is 20.6. The number of fused-ring (bicyclic) bond motifs is 1. The zero-order chi connectivity index (χ0) is 19.8. The Morgan fingerprint density at radius 3 is 2.75 bits per heavy atom. The van der Waals surface area contributed by atoms with Crippen LogP contribution in [0.3, 0.4) is 0 Å². The van der Waals surface area contributed by atoms with Crippen LogP contribution < -0.4 is 15.6 Å². The van der Waals surface area contributed by atoms with Crippen molar-refractivity contribution in [1.82, 2.24) is 19.7 Å². The van der Waals surface area contributed by atoms with Gasteiger partial charge in [0.05, 0.1) is 23.2 Å². The minimum Gasteiger partial charge on any atom is -0.473 e. The third kappa shape index (κ3) is 3.86. The van der Waals surface area contributed by atoms with Crippen molar-refractivity contribution >= 4 is 38.6 Å². The largest absolute Gasteiger partial charge is 0.473 e. The van der Waals surface area contributed by atoms with Gasteiger partial charge < -0.3 is 4.74 Å². The van der Waals surface area contributed by atoms with Crippen molar-refractivity contribution < 1.29 is 13.9 Å². The van der Waals surface area contributed by atoms with Crippen molar-refractivity contribution in [2.45, 2.75) is 26.0 Å². The van der Waals surface area contributed by atoms with Crippen LogP contribution in [0.5, 0.6) is 5.88 Å². The second-order valence-corrected chi connectivity index (χ2v) is 7.52. The first-order valence-corrected chi connectivity index (χ1v) is 9.34. The van der Waals surface area contributed by atoms with Gasteiger partial charge in [-0.1, -0.05) is 22.9 Å². The van der Waals surface area contributed by atoms with Crippen molar-refractivity contribution in [2.75, 3.05) is 5.32 Å². The SMILES string of the molecule is C[C@@H]1C[C@@H]1Oc1nn(CC(=O)Nc2ncc(F)cn2)c(=O)c2ccc(Br)cc12. The Labute approximate surface area is 166 Å². The molecule has 8 nitrogen and oxygen atoms in total. The molecule has 1 aromatic carbocycles. The zero-order valence-corrected chi connectivity index (χ0v) is 16.3. The Hall–Kier alpha value is -2.88. The van der Waals surface area contributed by atoms with E-state index in [4.69, 9.17) is 4.74 Å². The highest BCUT2D eigenvalue weighted by atomic mass is 79.9. The van der Waals surface area contributed by atoms with E-state index in [2.05, 4.69) is 43.2 Å². The number of hydrogen-bond acceptors (Lipinski definition) is 6. The Kier molecular flexibility index (Phi) is 4.80. The fourth-order valence-electron chi connectivity index (χ4n) is 2.69. The van der Waals surface area contributed by atoms with Gasteiger partial charge in [0.15, 0.2) is 5.82 Å². The number of anilines is 1. The molecule has 0 unspecified atom stereocenters. The molecule has 2 atom stereocenters. The average molecular weight is 448 g/mol. The Balaban J connectivity index is 1.65. The molecule has 1 saturated carbocycles. The second-order valence-electron chi connectivity index (χ2n) is 6.60.